The van der Waals surface area contributed by atoms with Crippen molar-refractivity contribution in [1.82, 2.24) is 9.36 Å². The average Bonchev–Trinajstić information content (AvgIpc) is 2.62. The zero-order valence-electron chi connectivity index (χ0n) is 10.1. The van der Waals surface area contributed by atoms with Crippen molar-refractivity contribution in [2.75, 3.05) is 30.5 Å². The highest BCUT2D eigenvalue weighted by Crippen LogP contribution is 2.24. The highest BCUT2D eigenvalue weighted by Gasteiger charge is 2.20. The van der Waals surface area contributed by atoms with Crippen molar-refractivity contribution in [2.24, 2.45) is 0 Å². The van der Waals surface area contributed by atoms with Gasteiger partial charge in [-0.3, -0.25) is 0 Å². The molecule has 0 aliphatic heterocycles. The molecule has 86 valence electrons. The Morgan fingerprint density at radius 1 is 1.40 bits per heavy atom. The van der Waals surface area contributed by atoms with Gasteiger partial charge in [-0.05, 0) is 6.26 Å². The van der Waals surface area contributed by atoms with Crippen molar-refractivity contribution in [3.63, 3.8) is 0 Å². The normalized spacial score (nSPS) is 11.8. The van der Waals surface area contributed by atoms with Crippen molar-refractivity contribution in [2.45, 2.75) is 26.2 Å². The van der Waals surface area contributed by atoms with Gasteiger partial charge in [0.15, 0.2) is 0 Å². The molecular weight excluding hydrogens is 226 g/mol. The van der Waals surface area contributed by atoms with Gasteiger partial charge in [-0.2, -0.15) is 16.1 Å². The predicted molar refractivity (Wildman–Crippen MR) is 70.3 cm³/mol. The largest absolute Gasteiger partial charge is 0.349 e. The van der Waals surface area contributed by atoms with E-state index in [1.807, 2.05) is 11.8 Å². The van der Waals surface area contributed by atoms with Crippen LogP contribution in [0.15, 0.2) is 0 Å². The van der Waals surface area contributed by atoms with Crippen molar-refractivity contribution < 1.29 is 0 Å². The fourth-order valence-corrected chi connectivity index (χ4v) is 2.30. The monoisotopic (exact) mass is 245 g/mol. The topological polar surface area (TPSA) is 29.0 Å². The summed E-state index contributed by atoms with van der Waals surface area (Å²) in [4.78, 5) is 6.73. The molecule has 0 N–H and O–H groups in total. The molecule has 0 spiro atoms. The van der Waals surface area contributed by atoms with Gasteiger partial charge in [-0.25, -0.2) is 4.98 Å². The van der Waals surface area contributed by atoms with Crippen LogP contribution < -0.4 is 4.90 Å². The van der Waals surface area contributed by atoms with Crippen molar-refractivity contribution >= 4 is 28.4 Å². The second kappa shape index (κ2) is 5.16. The van der Waals surface area contributed by atoms with E-state index in [9.17, 15) is 0 Å². The van der Waals surface area contributed by atoms with Crippen LogP contribution in [0.25, 0.3) is 0 Å². The lowest BCUT2D eigenvalue weighted by molar-refractivity contribution is 0.554. The summed E-state index contributed by atoms with van der Waals surface area (Å²) < 4.78 is 4.40. The van der Waals surface area contributed by atoms with Crippen LogP contribution >= 0.6 is 23.3 Å². The fourth-order valence-electron chi connectivity index (χ4n) is 0.999. The van der Waals surface area contributed by atoms with Gasteiger partial charge < -0.3 is 4.90 Å². The van der Waals surface area contributed by atoms with Crippen molar-refractivity contribution in [3.8, 4) is 0 Å². The van der Waals surface area contributed by atoms with E-state index in [0.717, 1.165) is 23.3 Å². The molecule has 0 aliphatic rings. The van der Waals surface area contributed by atoms with Crippen LogP contribution in [0.1, 0.15) is 26.6 Å². The van der Waals surface area contributed by atoms with E-state index in [-0.39, 0.29) is 5.41 Å². The van der Waals surface area contributed by atoms with Crippen LogP contribution in [0.4, 0.5) is 5.13 Å². The molecule has 0 aromatic carbocycles. The van der Waals surface area contributed by atoms with Gasteiger partial charge >= 0.3 is 0 Å². The Hall–Kier alpha value is -0.290. The summed E-state index contributed by atoms with van der Waals surface area (Å²) in [7, 11) is 2.07. The lowest BCUT2D eigenvalue weighted by Gasteiger charge is -2.15. The highest BCUT2D eigenvalue weighted by atomic mass is 32.2. The van der Waals surface area contributed by atoms with E-state index in [0.29, 0.717) is 0 Å². The molecule has 1 heterocycles. The first-order valence-corrected chi connectivity index (χ1v) is 7.16. The molecule has 0 radical (unpaired) electrons. The fraction of sp³-hybridized carbons (Fsp3) is 0.800. The zero-order chi connectivity index (χ0) is 11.5. The van der Waals surface area contributed by atoms with Crippen LogP contribution in [-0.4, -0.2) is 35.0 Å². The molecule has 0 amide bonds. The maximum Gasteiger partial charge on any atom is 0.204 e. The Balaban J connectivity index is 2.67. The summed E-state index contributed by atoms with van der Waals surface area (Å²) in [5, 5.41) is 1.02. The standard InChI is InChI=1S/C10H19N3S2/c1-10(2,3)8-11-9(15-12-8)13(4)6-7-14-5/h6-7H2,1-5H3. The van der Waals surface area contributed by atoms with Crippen LogP contribution in [-0.2, 0) is 5.41 Å². The Morgan fingerprint density at radius 3 is 2.53 bits per heavy atom. The number of rotatable bonds is 4. The predicted octanol–water partition coefficient (Wildman–Crippen LogP) is 2.63. The highest BCUT2D eigenvalue weighted by molar-refractivity contribution is 7.98. The number of anilines is 1. The lowest BCUT2D eigenvalue weighted by atomic mass is 9.96. The Labute approximate surface area is 100 Å². The Morgan fingerprint density at radius 2 is 2.07 bits per heavy atom. The number of hydrogen-bond acceptors (Lipinski definition) is 5. The molecule has 0 saturated carbocycles. The maximum atomic E-state index is 4.56. The van der Waals surface area contributed by atoms with Gasteiger partial charge in [0.05, 0.1) is 0 Å². The summed E-state index contributed by atoms with van der Waals surface area (Å²) in [5.41, 5.74) is 0.0507. The van der Waals surface area contributed by atoms with E-state index < -0.39 is 0 Å². The molecule has 1 aromatic heterocycles. The van der Waals surface area contributed by atoms with E-state index in [2.05, 4.69) is 48.3 Å². The van der Waals surface area contributed by atoms with Gasteiger partial charge in [0.2, 0.25) is 5.13 Å². The maximum absolute atomic E-state index is 4.56. The molecule has 0 aliphatic carbocycles. The summed E-state index contributed by atoms with van der Waals surface area (Å²) in [6.45, 7) is 7.45. The van der Waals surface area contributed by atoms with E-state index in [1.165, 1.54) is 11.5 Å². The first kappa shape index (κ1) is 12.8. The molecule has 0 bridgehead atoms. The zero-order valence-corrected chi connectivity index (χ0v) is 11.7. The third kappa shape index (κ3) is 3.65. The van der Waals surface area contributed by atoms with E-state index >= 15 is 0 Å². The lowest BCUT2D eigenvalue weighted by Crippen LogP contribution is -2.20. The third-order valence-corrected chi connectivity index (χ3v) is 3.46. The summed E-state index contributed by atoms with van der Waals surface area (Å²) in [5.74, 6) is 2.07. The van der Waals surface area contributed by atoms with E-state index in [1.54, 1.807) is 0 Å². The van der Waals surface area contributed by atoms with Crippen molar-refractivity contribution in [3.05, 3.63) is 5.82 Å². The van der Waals surface area contributed by atoms with Gasteiger partial charge in [-0.1, -0.05) is 20.8 Å². The van der Waals surface area contributed by atoms with Crippen LogP contribution in [0.2, 0.25) is 0 Å². The first-order valence-electron chi connectivity index (χ1n) is 4.99. The van der Waals surface area contributed by atoms with Crippen LogP contribution in [0.3, 0.4) is 0 Å². The second-order valence-electron chi connectivity index (χ2n) is 4.56. The molecule has 0 atom stereocenters. The third-order valence-electron chi connectivity index (χ3n) is 2.04. The Kier molecular flexibility index (Phi) is 4.40. The molecule has 1 aromatic rings. The van der Waals surface area contributed by atoms with Crippen LogP contribution in [0, 0.1) is 0 Å². The quantitative estimate of drug-likeness (QED) is 0.815. The molecule has 1 rings (SSSR count). The van der Waals surface area contributed by atoms with Gasteiger partial charge in [0.1, 0.15) is 5.82 Å². The van der Waals surface area contributed by atoms with E-state index in [4.69, 9.17) is 0 Å². The molecule has 0 fully saturated rings. The molecular formula is C10H19N3S2. The SMILES string of the molecule is CSCCN(C)c1nc(C(C)(C)C)ns1. The molecule has 3 nitrogen and oxygen atoms in total. The number of hydrogen-bond donors (Lipinski definition) is 0. The minimum atomic E-state index is 0.0507. The first-order chi connectivity index (χ1) is 6.95. The minimum absolute atomic E-state index is 0.0507. The minimum Gasteiger partial charge on any atom is -0.349 e. The average molecular weight is 245 g/mol. The molecule has 15 heavy (non-hydrogen) atoms. The number of aromatic nitrogens is 2. The summed E-state index contributed by atoms with van der Waals surface area (Å²) >= 11 is 3.34. The summed E-state index contributed by atoms with van der Waals surface area (Å²) in [6.07, 6.45) is 2.12. The van der Waals surface area contributed by atoms with Crippen LogP contribution in [0.5, 0.6) is 0 Å². The Bertz CT molecular complexity index is 304. The van der Waals surface area contributed by atoms with Gasteiger partial charge in [0, 0.05) is 36.3 Å². The molecule has 0 saturated heterocycles. The smallest absolute Gasteiger partial charge is 0.204 e. The molecule has 0 unspecified atom stereocenters. The summed E-state index contributed by atoms with van der Waals surface area (Å²) in [6, 6.07) is 0. The number of nitrogens with zero attached hydrogens (tertiary/aromatic N) is 3. The van der Waals surface area contributed by atoms with Gasteiger partial charge in [-0.15, -0.1) is 0 Å². The molecule has 5 heteroatoms. The number of thioether (sulfide) groups is 1. The second-order valence-corrected chi connectivity index (χ2v) is 6.28. The van der Waals surface area contributed by atoms with Gasteiger partial charge in [0.25, 0.3) is 0 Å². The van der Waals surface area contributed by atoms with Crippen molar-refractivity contribution in [1.29, 1.82) is 0 Å².